The summed E-state index contributed by atoms with van der Waals surface area (Å²) in [4.78, 5) is 19.6. The Kier molecular flexibility index (Phi) is 5.87. The van der Waals surface area contributed by atoms with Crippen molar-refractivity contribution in [2.45, 2.75) is 43.8 Å². The zero-order valence-corrected chi connectivity index (χ0v) is 17.8. The highest BCUT2D eigenvalue weighted by Crippen LogP contribution is 2.22. The Labute approximate surface area is 177 Å². The van der Waals surface area contributed by atoms with Gasteiger partial charge >= 0.3 is 0 Å². The predicted molar refractivity (Wildman–Crippen MR) is 116 cm³/mol. The second kappa shape index (κ2) is 8.57. The van der Waals surface area contributed by atoms with Gasteiger partial charge in [0.05, 0.1) is 4.90 Å². The molecule has 2 heterocycles. The molecule has 0 radical (unpaired) electrons. The van der Waals surface area contributed by atoms with Crippen LogP contribution in [0.3, 0.4) is 0 Å². The largest absolute Gasteiger partial charge is 0.350 e. The first-order valence-electron chi connectivity index (χ1n) is 10.2. The molecule has 0 bridgehead atoms. The van der Waals surface area contributed by atoms with Crippen molar-refractivity contribution < 1.29 is 13.2 Å². The molecule has 0 spiro atoms. The molecule has 2 aliphatic rings. The van der Waals surface area contributed by atoms with E-state index in [0.29, 0.717) is 12.1 Å². The van der Waals surface area contributed by atoms with Crippen molar-refractivity contribution in [3.05, 3.63) is 65.2 Å². The highest BCUT2D eigenvalue weighted by Gasteiger charge is 2.31. The van der Waals surface area contributed by atoms with Gasteiger partial charge in [-0.1, -0.05) is 36.4 Å². The van der Waals surface area contributed by atoms with Crippen LogP contribution in [0.1, 0.15) is 36.5 Å². The normalized spacial score (nSPS) is 20.0. The van der Waals surface area contributed by atoms with Crippen LogP contribution in [-0.2, 0) is 27.9 Å². The van der Waals surface area contributed by atoms with Crippen LogP contribution in [0, 0.1) is 0 Å². The first-order chi connectivity index (χ1) is 14.4. The van der Waals surface area contributed by atoms with Crippen LogP contribution in [0.25, 0.3) is 0 Å². The average Bonchev–Trinajstić information content (AvgIpc) is 3.33. The maximum absolute atomic E-state index is 12.6. The molecule has 0 aromatic heterocycles. The topological polar surface area (TPSA) is 90.9 Å². The van der Waals surface area contributed by atoms with Crippen LogP contribution in [-0.4, -0.2) is 44.2 Å². The van der Waals surface area contributed by atoms with Crippen molar-refractivity contribution in [3.8, 4) is 0 Å². The van der Waals surface area contributed by atoms with E-state index < -0.39 is 16.1 Å². The first kappa shape index (κ1) is 20.6. The summed E-state index contributed by atoms with van der Waals surface area (Å²) in [6.45, 7) is 5.20. The molecule has 2 aromatic carbocycles. The average molecular weight is 427 g/mol. The number of sulfonamides is 1. The summed E-state index contributed by atoms with van der Waals surface area (Å²) in [7, 11) is -3.62. The summed E-state index contributed by atoms with van der Waals surface area (Å²) in [5.41, 5.74) is 2.80. The zero-order chi connectivity index (χ0) is 21.1. The number of amidine groups is 1. The lowest BCUT2D eigenvalue weighted by Gasteiger charge is -2.18. The van der Waals surface area contributed by atoms with Crippen molar-refractivity contribution in [1.29, 1.82) is 0 Å². The van der Waals surface area contributed by atoms with Crippen LogP contribution in [0.15, 0.2) is 58.4 Å². The SMILES string of the molecule is C[C@H](N=C1NS(=O)(=O)c2ccccc21)C(=O)NCc1ccccc1CN1CCCC1. The third-order valence-corrected chi connectivity index (χ3v) is 6.93. The number of aliphatic imine (C=N–C) groups is 1. The summed E-state index contributed by atoms with van der Waals surface area (Å²) in [5, 5.41) is 2.94. The number of nitrogens with zero attached hydrogens (tertiary/aromatic N) is 2. The monoisotopic (exact) mass is 426 g/mol. The maximum Gasteiger partial charge on any atom is 0.263 e. The van der Waals surface area contributed by atoms with Crippen molar-refractivity contribution in [3.63, 3.8) is 0 Å². The van der Waals surface area contributed by atoms with Crippen molar-refractivity contribution in [2.24, 2.45) is 4.99 Å². The van der Waals surface area contributed by atoms with Crippen molar-refractivity contribution in [1.82, 2.24) is 14.9 Å². The van der Waals surface area contributed by atoms with Gasteiger partial charge in [0.1, 0.15) is 11.9 Å². The number of amides is 1. The van der Waals surface area contributed by atoms with E-state index in [4.69, 9.17) is 0 Å². The van der Waals surface area contributed by atoms with Gasteiger partial charge in [0.25, 0.3) is 10.0 Å². The van der Waals surface area contributed by atoms with Crippen LogP contribution < -0.4 is 10.0 Å². The van der Waals surface area contributed by atoms with E-state index in [1.54, 1.807) is 25.1 Å². The Balaban J connectivity index is 1.42. The first-order valence-corrected chi connectivity index (χ1v) is 11.7. The van der Waals surface area contributed by atoms with Gasteiger partial charge in [-0.05, 0) is 56.1 Å². The summed E-state index contributed by atoms with van der Waals surface area (Å²) in [6, 6.07) is 14.0. The molecule has 1 atom stereocenters. The summed E-state index contributed by atoms with van der Waals surface area (Å²) < 4.78 is 26.9. The molecule has 0 unspecified atom stereocenters. The molecule has 7 nitrogen and oxygen atoms in total. The molecule has 30 heavy (non-hydrogen) atoms. The summed E-state index contributed by atoms with van der Waals surface area (Å²) in [5.74, 6) is -0.0373. The third kappa shape index (κ3) is 4.39. The number of rotatable bonds is 6. The van der Waals surface area contributed by atoms with Crippen LogP contribution in [0.2, 0.25) is 0 Å². The highest BCUT2D eigenvalue weighted by molar-refractivity contribution is 7.90. The van der Waals surface area contributed by atoms with E-state index in [-0.39, 0.29) is 16.6 Å². The maximum atomic E-state index is 12.6. The molecule has 2 N–H and O–H groups in total. The molecule has 2 aliphatic heterocycles. The molecule has 1 saturated heterocycles. The molecule has 8 heteroatoms. The third-order valence-electron chi connectivity index (χ3n) is 5.53. The number of fused-ring (bicyclic) bond motifs is 1. The minimum absolute atomic E-state index is 0.187. The smallest absolute Gasteiger partial charge is 0.263 e. The molecule has 0 aliphatic carbocycles. The van der Waals surface area contributed by atoms with Gasteiger partial charge in [-0.15, -0.1) is 0 Å². The fourth-order valence-corrected chi connectivity index (χ4v) is 5.12. The summed E-state index contributed by atoms with van der Waals surface area (Å²) >= 11 is 0. The quantitative estimate of drug-likeness (QED) is 0.739. The molecular weight excluding hydrogens is 400 g/mol. The highest BCUT2D eigenvalue weighted by atomic mass is 32.2. The Hall–Kier alpha value is -2.71. The van der Waals surface area contributed by atoms with E-state index in [9.17, 15) is 13.2 Å². The molecule has 1 amide bonds. The lowest BCUT2D eigenvalue weighted by molar-refractivity contribution is -0.122. The number of carbonyl (C=O) groups excluding carboxylic acids is 1. The summed E-state index contributed by atoms with van der Waals surface area (Å²) in [6.07, 6.45) is 2.48. The number of benzene rings is 2. The molecule has 158 valence electrons. The lowest BCUT2D eigenvalue weighted by atomic mass is 10.1. The lowest BCUT2D eigenvalue weighted by Crippen LogP contribution is -2.34. The van der Waals surface area contributed by atoms with Gasteiger partial charge in [0.2, 0.25) is 5.91 Å². The van der Waals surface area contributed by atoms with E-state index in [1.807, 2.05) is 18.2 Å². The standard InChI is InChI=1S/C22H26N4O3S/c1-16(24-21-19-10-4-5-11-20(19)30(28,29)25-21)22(27)23-14-17-8-2-3-9-18(17)15-26-12-6-7-13-26/h2-5,8-11,16H,6-7,12-15H2,1H3,(H,23,27)(H,24,25)/t16-/m0/s1. The molecule has 1 fully saturated rings. The van der Waals surface area contributed by atoms with Gasteiger partial charge < -0.3 is 5.32 Å². The van der Waals surface area contributed by atoms with Gasteiger partial charge in [-0.25, -0.2) is 8.42 Å². The van der Waals surface area contributed by atoms with Crippen LogP contribution in [0.5, 0.6) is 0 Å². The number of likely N-dealkylation sites (tertiary alicyclic amines) is 1. The minimum Gasteiger partial charge on any atom is -0.350 e. The fourth-order valence-electron chi connectivity index (χ4n) is 3.88. The van der Waals surface area contributed by atoms with Crippen LogP contribution >= 0.6 is 0 Å². The van der Waals surface area contributed by atoms with E-state index >= 15 is 0 Å². The predicted octanol–water partition coefficient (Wildman–Crippen LogP) is 2.03. The van der Waals surface area contributed by atoms with E-state index in [1.165, 1.54) is 24.5 Å². The fraction of sp³-hybridized carbons (Fsp3) is 0.364. The van der Waals surface area contributed by atoms with Gasteiger partial charge in [-0.2, -0.15) is 0 Å². The number of hydrogen-bond donors (Lipinski definition) is 2. The second-order valence-electron chi connectivity index (χ2n) is 7.73. The molecule has 4 rings (SSSR count). The van der Waals surface area contributed by atoms with E-state index in [2.05, 4.69) is 26.0 Å². The zero-order valence-electron chi connectivity index (χ0n) is 17.0. The number of hydrogen-bond acceptors (Lipinski definition) is 5. The Morgan fingerprint density at radius 2 is 1.77 bits per heavy atom. The minimum atomic E-state index is -3.62. The van der Waals surface area contributed by atoms with E-state index in [0.717, 1.165) is 25.2 Å². The van der Waals surface area contributed by atoms with Gasteiger partial charge in [-0.3, -0.25) is 19.4 Å². The van der Waals surface area contributed by atoms with Crippen LogP contribution in [0.4, 0.5) is 0 Å². The number of nitrogens with one attached hydrogen (secondary N) is 2. The van der Waals surface area contributed by atoms with Crippen molar-refractivity contribution in [2.75, 3.05) is 13.1 Å². The Morgan fingerprint density at radius 3 is 2.53 bits per heavy atom. The Bertz CT molecular complexity index is 1080. The van der Waals surface area contributed by atoms with Gasteiger partial charge in [0, 0.05) is 18.7 Å². The Morgan fingerprint density at radius 1 is 1.10 bits per heavy atom. The van der Waals surface area contributed by atoms with Crippen molar-refractivity contribution >= 4 is 21.8 Å². The van der Waals surface area contributed by atoms with Gasteiger partial charge in [0.15, 0.2) is 0 Å². The molecule has 0 saturated carbocycles. The molecular formula is C22H26N4O3S. The molecule has 2 aromatic rings. The second-order valence-corrected chi connectivity index (χ2v) is 9.38. The number of carbonyl (C=O) groups is 1.